The first-order chi connectivity index (χ1) is 5.20. The highest BCUT2D eigenvalue weighted by molar-refractivity contribution is 6.03. The van der Waals surface area contributed by atoms with Gasteiger partial charge in [-0.05, 0) is 44.8 Å². The molecule has 0 heterocycles. The molecule has 0 radical (unpaired) electrons. The van der Waals surface area contributed by atoms with E-state index in [4.69, 9.17) is 0 Å². The Balaban J connectivity index is 2.80. The minimum atomic E-state index is 0.183. The zero-order valence-corrected chi connectivity index (χ0v) is 7.18. The molecule has 0 aromatic rings. The number of ketones is 1. The van der Waals surface area contributed by atoms with Crippen LogP contribution in [-0.4, -0.2) is 5.78 Å². The minimum Gasteiger partial charge on any atom is -0.290 e. The van der Waals surface area contributed by atoms with Crippen LogP contribution in [-0.2, 0) is 4.79 Å². The van der Waals surface area contributed by atoms with Crippen molar-refractivity contribution in [3.63, 3.8) is 0 Å². The molecule has 0 bridgehead atoms. The number of rotatable bonds is 0. The number of carbonyl (C=O) groups is 1. The van der Waals surface area contributed by atoms with Crippen LogP contribution < -0.4 is 0 Å². The largest absolute Gasteiger partial charge is 0.290 e. The van der Waals surface area contributed by atoms with Crippen molar-refractivity contribution in [2.45, 2.75) is 33.1 Å². The summed E-state index contributed by atoms with van der Waals surface area (Å²) in [7, 11) is 0. The summed E-state index contributed by atoms with van der Waals surface area (Å²) in [5.74, 6) is 0.183. The first-order valence-electron chi connectivity index (χ1n) is 4.08. The minimum absolute atomic E-state index is 0.183. The summed E-state index contributed by atoms with van der Waals surface area (Å²) in [4.78, 5) is 11.2. The second kappa shape index (κ2) is 3.51. The summed E-state index contributed by atoms with van der Waals surface area (Å²) < 4.78 is 0. The van der Waals surface area contributed by atoms with Crippen LogP contribution in [0.15, 0.2) is 23.3 Å². The van der Waals surface area contributed by atoms with Crippen molar-refractivity contribution in [3.8, 4) is 0 Å². The molecule has 0 atom stereocenters. The Hall–Kier alpha value is -0.850. The summed E-state index contributed by atoms with van der Waals surface area (Å²) in [6.07, 6.45) is 7.07. The topological polar surface area (TPSA) is 17.1 Å². The van der Waals surface area contributed by atoms with Gasteiger partial charge in [0.2, 0.25) is 0 Å². The van der Waals surface area contributed by atoms with Crippen molar-refractivity contribution < 1.29 is 4.79 Å². The van der Waals surface area contributed by atoms with Gasteiger partial charge in [0.15, 0.2) is 5.78 Å². The first kappa shape index (κ1) is 8.25. The Morgan fingerprint density at radius 2 is 2.09 bits per heavy atom. The summed E-state index contributed by atoms with van der Waals surface area (Å²) in [6.45, 7) is 3.91. The molecule has 0 unspecified atom stereocenters. The normalized spacial score (nSPS) is 29.5. The van der Waals surface area contributed by atoms with E-state index in [9.17, 15) is 4.79 Å². The van der Waals surface area contributed by atoms with E-state index in [1.165, 1.54) is 12.0 Å². The number of hydrogen-bond acceptors (Lipinski definition) is 1. The Morgan fingerprint density at radius 3 is 2.82 bits per heavy atom. The number of allylic oxidation sites excluding steroid dienone is 4. The molecule has 0 saturated heterocycles. The molecule has 1 nitrogen and oxygen atoms in total. The van der Waals surface area contributed by atoms with Gasteiger partial charge >= 0.3 is 0 Å². The molecule has 0 N–H and O–H groups in total. The van der Waals surface area contributed by atoms with Crippen LogP contribution in [0.4, 0.5) is 0 Å². The maximum atomic E-state index is 11.2. The van der Waals surface area contributed by atoms with Gasteiger partial charge in [0.05, 0.1) is 0 Å². The summed E-state index contributed by atoms with van der Waals surface area (Å²) in [6, 6.07) is 0. The van der Waals surface area contributed by atoms with Crippen molar-refractivity contribution in [2.75, 3.05) is 0 Å². The third-order valence-electron chi connectivity index (χ3n) is 1.99. The highest BCUT2D eigenvalue weighted by Crippen LogP contribution is 2.13. The fraction of sp³-hybridized carbons (Fsp3) is 0.500. The summed E-state index contributed by atoms with van der Waals surface area (Å²) in [5.41, 5.74) is 2.10. The van der Waals surface area contributed by atoms with Crippen LogP contribution in [0.5, 0.6) is 0 Å². The van der Waals surface area contributed by atoms with Gasteiger partial charge < -0.3 is 0 Å². The lowest BCUT2D eigenvalue weighted by atomic mass is 10.0. The van der Waals surface area contributed by atoms with E-state index in [0.29, 0.717) is 0 Å². The number of hydrogen-bond donors (Lipinski definition) is 0. The van der Waals surface area contributed by atoms with Gasteiger partial charge in [-0.25, -0.2) is 0 Å². The molecule has 1 aliphatic carbocycles. The molecule has 0 saturated carbocycles. The van der Waals surface area contributed by atoms with E-state index in [-0.39, 0.29) is 5.78 Å². The Morgan fingerprint density at radius 1 is 1.36 bits per heavy atom. The van der Waals surface area contributed by atoms with Gasteiger partial charge in [-0.3, -0.25) is 4.79 Å². The highest BCUT2D eigenvalue weighted by atomic mass is 16.1. The molecule has 0 aromatic carbocycles. The Labute approximate surface area is 67.8 Å². The van der Waals surface area contributed by atoms with E-state index < -0.39 is 0 Å². The third-order valence-corrected chi connectivity index (χ3v) is 1.99. The first-order valence-corrected chi connectivity index (χ1v) is 4.08. The predicted molar refractivity (Wildman–Crippen MR) is 46.4 cm³/mol. The van der Waals surface area contributed by atoms with E-state index in [0.717, 1.165) is 18.4 Å². The van der Waals surface area contributed by atoms with Crippen molar-refractivity contribution in [1.82, 2.24) is 0 Å². The third kappa shape index (κ3) is 2.34. The maximum Gasteiger partial charge on any atom is 0.181 e. The molecule has 0 amide bonds. The van der Waals surface area contributed by atoms with Gasteiger partial charge in [-0.1, -0.05) is 11.6 Å². The van der Waals surface area contributed by atoms with Crippen LogP contribution in [0.3, 0.4) is 0 Å². The van der Waals surface area contributed by atoms with Gasteiger partial charge in [0, 0.05) is 0 Å². The van der Waals surface area contributed by atoms with Crippen LogP contribution in [0, 0.1) is 0 Å². The molecule has 11 heavy (non-hydrogen) atoms. The van der Waals surface area contributed by atoms with E-state index in [1.54, 1.807) is 6.08 Å². The maximum absolute atomic E-state index is 11.2. The second-order valence-electron chi connectivity index (χ2n) is 3.13. The average Bonchev–Trinajstić information content (AvgIpc) is 1.95. The van der Waals surface area contributed by atoms with Crippen LogP contribution >= 0.6 is 0 Å². The fourth-order valence-corrected chi connectivity index (χ4v) is 1.21. The molecule has 0 aromatic heterocycles. The van der Waals surface area contributed by atoms with Crippen LogP contribution in [0.2, 0.25) is 0 Å². The molecule has 1 rings (SSSR count). The lowest BCUT2D eigenvalue weighted by molar-refractivity contribution is -0.111. The molecular formula is C10H14O. The van der Waals surface area contributed by atoms with E-state index in [2.05, 4.69) is 0 Å². The average molecular weight is 150 g/mol. The van der Waals surface area contributed by atoms with Crippen LogP contribution in [0.25, 0.3) is 0 Å². The SMILES string of the molecule is C/C1=C/C(=O)/C(C)=C\CCC1. The highest BCUT2D eigenvalue weighted by Gasteiger charge is 2.03. The van der Waals surface area contributed by atoms with Gasteiger partial charge in [-0.2, -0.15) is 0 Å². The lowest BCUT2D eigenvalue weighted by Gasteiger charge is -2.04. The van der Waals surface area contributed by atoms with Gasteiger partial charge in [0.25, 0.3) is 0 Å². The quantitative estimate of drug-likeness (QED) is 0.518. The second-order valence-corrected chi connectivity index (χ2v) is 3.13. The molecule has 60 valence electrons. The molecule has 0 spiro atoms. The molecule has 1 heteroatoms. The standard InChI is InChI=1S/C10H14O/c1-8-5-3-4-6-9(2)10(11)7-8/h6-7H,3-5H2,1-2H3/b8-7-,9-6-. The van der Waals surface area contributed by atoms with Crippen molar-refractivity contribution in [2.24, 2.45) is 0 Å². The fourth-order valence-electron chi connectivity index (χ4n) is 1.21. The van der Waals surface area contributed by atoms with Gasteiger partial charge in [0.1, 0.15) is 0 Å². The monoisotopic (exact) mass is 150 g/mol. The zero-order valence-electron chi connectivity index (χ0n) is 7.18. The van der Waals surface area contributed by atoms with Crippen LogP contribution in [0.1, 0.15) is 33.1 Å². The van der Waals surface area contributed by atoms with Crippen molar-refractivity contribution in [1.29, 1.82) is 0 Å². The van der Waals surface area contributed by atoms with E-state index in [1.807, 2.05) is 19.9 Å². The summed E-state index contributed by atoms with van der Waals surface area (Å²) >= 11 is 0. The molecule has 1 aliphatic rings. The van der Waals surface area contributed by atoms with E-state index >= 15 is 0 Å². The Bertz CT molecular complexity index is 221. The van der Waals surface area contributed by atoms with Crippen molar-refractivity contribution in [3.05, 3.63) is 23.3 Å². The zero-order chi connectivity index (χ0) is 8.27. The molecule has 0 fully saturated rings. The van der Waals surface area contributed by atoms with Crippen molar-refractivity contribution >= 4 is 5.78 Å². The Kier molecular flexibility index (Phi) is 2.64. The summed E-state index contributed by atoms with van der Waals surface area (Å²) in [5, 5.41) is 0. The van der Waals surface area contributed by atoms with Gasteiger partial charge in [-0.15, -0.1) is 0 Å². The molecule has 0 aliphatic heterocycles. The smallest absolute Gasteiger partial charge is 0.181 e. The molecular weight excluding hydrogens is 136 g/mol. The predicted octanol–water partition coefficient (Wildman–Crippen LogP) is 2.63. The lowest BCUT2D eigenvalue weighted by Crippen LogP contribution is -1.98. The number of carbonyl (C=O) groups excluding carboxylic acids is 1.